The minimum atomic E-state index is -0.408. The molecule has 0 atom stereocenters. The molecule has 2 aliphatic rings. The Hall–Kier alpha value is -3.16. The van der Waals surface area contributed by atoms with Crippen LogP contribution in [-0.4, -0.2) is 49.6 Å². The number of fused-ring (bicyclic) bond motifs is 1. The molecule has 32 heavy (non-hydrogen) atoms. The number of piperidine rings is 1. The van der Waals surface area contributed by atoms with Gasteiger partial charge in [-0.15, -0.1) is 0 Å². The molecule has 2 saturated heterocycles. The third kappa shape index (κ3) is 4.54. The van der Waals surface area contributed by atoms with E-state index in [9.17, 15) is 4.79 Å². The normalized spacial score (nSPS) is 17.6. The molecule has 7 nitrogen and oxygen atoms in total. The first-order valence-corrected chi connectivity index (χ1v) is 11.1. The Bertz CT molecular complexity index is 1070. The first-order valence-electron chi connectivity index (χ1n) is 11.1. The zero-order valence-corrected chi connectivity index (χ0v) is 18.0. The van der Waals surface area contributed by atoms with E-state index in [1.165, 1.54) is 0 Å². The number of carbonyl (C=O) groups excluding carboxylic acids is 1. The van der Waals surface area contributed by atoms with Gasteiger partial charge in [-0.25, -0.2) is 4.98 Å². The molecule has 3 aromatic rings. The van der Waals surface area contributed by atoms with Crippen LogP contribution in [-0.2, 0) is 20.8 Å². The van der Waals surface area contributed by atoms with E-state index in [4.69, 9.17) is 19.2 Å². The van der Waals surface area contributed by atoms with E-state index in [0.717, 1.165) is 48.2 Å². The molecule has 1 N–H and O–H groups in total. The molecule has 5 rings (SSSR count). The molecule has 2 aliphatic heterocycles. The van der Waals surface area contributed by atoms with Crippen LogP contribution in [0.4, 0.5) is 5.82 Å². The van der Waals surface area contributed by atoms with Crippen molar-refractivity contribution in [1.82, 2.24) is 10.3 Å². The van der Waals surface area contributed by atoms with E-state index in [0.29, 0.717) is 25.5 Å². The quantitative estimate of drug-likeness (QED) is 0.643. The van der Waals surface area contributed by atoms with Gasteiger partial charge in [-0.05, 0) is 23.8 Å². The summed E-state index contributed by atoms with van der Waals surface area (Å²) in [5.74, 6) is 0.930. The Balaban J connectivity index is 1.24. The highest BCUT2D eigenvalue weighted by molar-refractivity contribution is 5.86. The van der Waals surface area contributed by atoms with E-state index in [1.807, 2.05) is 60.7 Å². The predicted octanol–water partition coefficient (Wildman–Crippen LogP) is 3.27. The first-order chi connectivity index (χ1) is 15.7. The van der Waals surface area contributed by atoms with Gasteiger partial charge in [0.05, 0.1) is 13.2 Å². The molecular formula is C25H27N3O4. The number of para-hydroxylation sites is 1. The number of pyridine rings is 1. The van der Waals surface area contributed by atoms with Gasteiger partial charge in [-0.3, -0.25) is 4.79 Å². The monoisotopic (exact) mass is 433 g/mol. The first kappa shape index (κ1) is 20.7. The number of hydrogen-bond donors (Lipinski definition) is 1. The van der Waals surface area contributed by atoms with Crippen molar-refractivity contribution in [2.75, 3.05) is 37.8 Å². The summed E-state index contributed by atoms with van der Waals surface area (Å²) in [7, 11) is 0. The van der Waals surface area contributed by atoms with E-state index >= 15 is 0 Å². The standard InChI is InChI=1S/C25H27N3O4/c29-23(26-17-19-5-2-1-3-6-19)18-30-21-8-4-7-20-9-10-22(27-24(20)21)28-13-11-25(12-14-28)31-15-16-32-25/h1-10H,11-18H2,(H,26,29). The molecule has 0 aliphatic carbocycles. The summed E-state index contributed by atoms with van der Waals surface area (Å²) in [5.41, 5.74) is 1.81. The van der Waals surface area contributed by atoms with Gasteiger partial charge in [0, 0.05) is 37.9 Å². The lowest BCUT2D eigenvalue weighted by molar-refractivity contribution is -0.169. The van der Waals surface area contributed by atoms with Crippen LogP contribution in [0, 0.1) is 0 Å². The number of anilines is 1. The molecule has 7 heteroatoms. The third-order valence-electron chi connectivity index (χ3n) is 6.02. The molecule has 0 radical (unpaired) electrons. The fraction of sp³-hybridized carbons (Fsp3) is 0.360. The van der Waals surface area contributed by atoms with E-state index < -0.39 is 5.79 Å². The lowest BCUT2D eigenvalue weighted by atomic mass is 10.0. The molecule has 0 bridgehead atoms. The molecule has 0 unspecified atom stereocenters. The van der Waals surface area contributed by atoms with E-state index in [-0.39, 0.29) is 12.5 Å². The number of carbonyl (C=O) groups is 1. The summed E-state index contributed by atoms with van der Waals surface area (Å²) in [6, 6.07) is 19.7. The van der Waals surface area contributed by atoms with Crippen LogP contribution in [0.15, 0.2) is 60.7 Å². The fourth-order valence-electron chi connectivity index (χ4n) is 4.26. The van der Waals surface area contributed by atoms with Gasteiger partial charge < -0.3 is 24.4 Å². The number of nitrogens with one attached hydrogen (secondary N) is 1. The van der Waals surface area contributed by atoms with Crippen LogP contribution in [0.5, 0.6) is 5.75 Å². The fourth-order valence-corrected chi connectivity index (χ4v) is 4.26. The molecule has 1 spiro atoms. The Kier molecular flexibility index (Phi) is 5.92. The van der Waals surface area contributed by atoms with Gasteiger partial charge in [0.15, 0.2) is 12.4 Å². The number of nitrogens with zero attached hydrogens (tertiary/aromatic N) is 2. The minimum Gasteiger partial charge on any atom is -0.481 e. The number of amides is 1. The van der Waals surface area contributed by atoms with Crippen LogP contribution in [0.1, 0.15) is 18.4 Å². The zero-order valence-electron chi connectivity index (χ0n) is 18.0. The Morgan fingerprint density at radius 2 is 1.78 bits per heavy atom. The van der Waals surface area contributed by atoms with Crippen molar-refractivity contribution in [2.24, 2.45) is 0 Å². The molecule has 1 aromatic heterocycles. The summed E-state index contributed by atoms with van der Waals surface area (Å²) < 4.78 is 17.5. The van der Waals surface area contributed by atoms with Crippen molar-refractivity contribution < 1.29 is 19.0 Å². The molecule has 3 heterocycles. The maximum atomic E-state index is 12.3. The molecular weight excluding hydrogens is 406 g/mol. The van der Waals surface area contributed by atoms with Gasteiger partial charge >= 0.3 is 0 Å². The molecule has 1 amide bonds. The maximum Gasteiger partial charge on any atom is 0.258 e. The molecule has 2 fully saturated rings. The van der Waals surface area contributed by atoms with Gasteiger partial charge in [0.25, 0.3) is 5.91 Å². The number of ether oxygens (including phenoxy) is 3. The number of aromatic nitrogens is 1. The second-order valence-electron chi connectivity index (χ2n) is 8.14. The van der Waals surface area contributed by atoms with Crippen LogP contribution >= 0.6 is 0 Å². The minimum absolute atomic E-state index is 0.0568. The van der Waals surface area contributed by atoms with Crippen molar-refractivity contribution in [3.8, 4) is 5.75 Å². The van der Waals surface area contributed by atoms with Gasteiger partial charge in [0.2, 0.25) is 0 Å². The zero-order chi connectivity index (χ0) is 21.8. The number of rotatable bonds is 6. The molecule has 0 saturated carbocycles. The van der Waals surface area contributed by atoms with Crippen molar-refractivity contribution in [1.29, 1.82) is 0 Å². The summed E-state index contributed by atoms with van der Waals surface area (Å²) in [6.07, 6.45) is 1.65. The van der Waals surface area contributed by atoms with Gasteiger partial charge in [-0.1, -0.05) is 42.5 Å². The SMILES string of the molecule is O=C(COc1cccc2ccc(N3CCC4(CC3)OCCO4)nc12)NCc1ccccc1. The average Bonchev–Trinajstić information content (AvgIpc) is 3.30. The lowest BCUT2D eigenvalue weighted by Gasteiger charge is -2.38. The van der Waals surface area contributed by atoms with Gasteiger partial charge in [-0.2, -0.15) is 0 Å². The highest BCUT2D eigenvalue weighted by atomic mass is 16.7. The van der Waals surface area contributed by atoms with Crippen molar-refractivity contribution in [2.45, 2.75) is 25.2 Å². The largest absolute Gasteiger partial charge is 0.481 e. The second kappa shape index (κ2) is 9.14. The van der Waals surface area contributed by atoms with Crippen LogP contribution in [0.2, 0.25) is 0 Å². The Morgan fingerprint density at radius 3 is 2.56 bits per heavy atom. The number of hydrogen-bond acceptors (Lipinski definition) is 6. The molecule has 2 aromatic carbocycles. The highest BCUT2D eigenvalue weighted by Gasteiger charge is 2.40. The number of benzene rings is 2. The summed E-state index contributed by atoms with van der Waals surface area (Å²) >= 11 is 0. The van der Waals surface area contributed by atoms with Crippen LogP contribution in [0.3, 0.4) is 0 Å². The maximum absolute atomic E-state index is 12.3. The van der Waals surface area contributed by atoms with Crippen LogP contribution in [0.25, 0.3) is 10.9 Å². The Morgan fingerprint density at radius 1 is 1.00 bits per heavy atom. The van der Waals surface area contributed by atoms with Crippen LogP contribution < -0.4 is 15.0 Å². The summed E-state index contributed by atoms with van der Waals surface area (Å²) in [6.45, 7) is 3.41. The van der Waals surface area contributed by atoms with E-state index in [2.05, 4.69) is 10.2 Å². The topological polar surface area (TPSA) is 72.9 Å². The van der Waals surface area contributed by atoms with Crippen molar-refractivity contribution in [3.63, 3.8) is 0 Å². The smallest absolute Gasteiger partial charge is 0.258 e. The average molecular weight is 434 g/mol. The predicted molar refractivity (Wildman–Crippen MR) is 122 cm³/mol. The van der Waals surface area contributed by atoms with E-state index in [1.54, 1.807) is 0 Å². The third-order valence-corrected chi connectivity index (χ3v) is 6.02. The lowest BCUT2D eigenvalue weighted by Crippen LogP contribution is -2.45. The molecule has 166 valence electrons. The van der Waals surface area contributed by atoms with Crippen molar-refractivity contribution >= 4 is 22.6 Å². The summed E-state index contributed by atoms with van der Waals surface area (Å²) in [5, 5.41) is 3.87. The summed E-state index contributed by atoms with van der Waals surface area (Å²) in [4.78, 5) is 19.4. The van der Waals surface area contributed by atoms with Gasteiger partial charge in [0.1, 0.15) is 17.1 Å². The second-order valence-corrected chi connectivity index (χ2v) is 8.14. The Labute approximate surface area is 187 Å². The highest BCUT2D eigenvalue weighted by Crippen LogP contribution is 2.34. The van der Waals surface area contributed by atoms with Crippen molar-refractivity contribution in [3.05, 3.63) is 66.2 Å².